The van der Waals surface area contributed by atoms with Crippen molar-refractivity contribution >= 4 is 29.1 Å². The third-order valence-electron chi connectivity index (χ3n) is 2.93. The smallest absolute Gasteiger partial charge is 0.349 e. The maximum atomic E-state index is 11.7. The summed E-state index contributed by atoms with van der Waals surface area (Å²) in [5, 5.41) is 19.9. The lowest BCUT2D eigenvalue weighted by Gasteiger charge is -1.99. The van der Waals surface area contributed by atoms with E-state index in [-0.39, 0.29) is 17.9 Å². The molecule has 1 aromatic carbocycles. The lowest BCUT2D eigenvalue weighted by Crippen LogP contribution is -2.06. The summed E-state index contributed by atoms with van der Waals surface area (Å²) in [6.45, 7) is 3.46. The molecule has 0 saturated heterocycles. The van der Waals surface area contributed by atoms with Crippen LogP contribution in [-0.4, -0.2) is 17.5 Å². The summed E-state index contributed by atoms with van der Waals surface area (Å²) in [6, 6.07) is 11.6. The Morgan fingerprint density at radius 3 is 2.88 bits per heavy atom. The molecule has 0 radical (unpaired) electrons. The molecule has 24 heavy (non-hydrogen) atoms. The molecule has 1 heterocycles. The van der Waals surface area contributed by atoms with Crippen LogP contribution in [0, 0.1) is 21.4 Å². The fourth-order valence-electron chi connectivity index (χ4n) is 1.85. The maximum Gasteiger partial charge on any atom is 0.349 e. The van der Waals surface area contributed by atoms with E-state index in [2.05, 4.69) is 6.58 Å². The van der Waals surface area contributed by atoms with Crippen LogP contribution in [0.25, 0.3) is 16.5 Å². The normalized spacial score (nSPS) is 10.7. The third-order valence-corrected chi connectivity index (χ3v) is 4.01. The zero-order valence-corrected chi connectivity index (χ0v) is 13.3. The monoisotopic (exact) mass is 340 g/mol. The Morgan fingerprint density at radius 1 is 1.42 bits per heavy atom. The van der Waals surface area contributed by atoms with Gasteiger partial charge in [0.1, 0.15) is 18.2 Å². The van der Waals surface area contributed by atoms with Gasteiger partial charge in [-0.2, -0.15) is 5.26 Å². The first-order valence-electron chi connectivity index (χ1n) is 6.79. The zero-order chi connectivity index (χ0) is 17.5. The Balaban J connectivity index is 2.27. The molecular weight excluding hydrogens is 328 g/mol. The highest BCUT2D eigenvalue weighted by molar-refractivity contribution is 7.16. The topological polar surface area (TPSA) is 93.2 Å². The minimum atomic E-state index is -0.720. The number of non-ortho nitro benzene ring substituents is 1. The van der Waals surface area contributed by atoms with E-state index in [1.165, 1.54) is 35.6 Å². The highest BCUT2D eigenvalue weighted by Crippen LogP contribution is 2.31. The third kappa shape index (κ3) is 4.15. The fourth-order valence-corrected chi connectivity index (χ4v) is 2.80. The molecule has 0 aliphatic rings. The predicted octanol–water partition coefficient (Wildman–Crippen LogP) is 3.96. The molecule has 0 bridgehead atoms. The first-order chi connectivity index (χ1) is 11.5. The van der Waals surface area contributed by atoms with E-state index in [1.54, 1.807) is 30.3 Å². The molecular formula is C17H12N2O4S. The van der Waals surface area contributed by atoms with Gasteiger partial charge in [-0.1, -0.05) is 24.8 Å². The number of hydrogen-bond donors (Lipinski definition) is 0. The summed E-state index contributed by atoms with van der Waals surface area (Å²) in [6.07, 6.45) is 2.84. The van der Waals surface area contributed by atoms with Crippen LogP contribution in [0.1, 0.15) is 4.88 Å². The average Bonchev–Trinajstić information content (AvgIpc) is 3.06. The second-order valence-electron chi connectivity index (χ2n) is 4.57. The molecule has 0 spiro atoms. The number of carbonyl (C=O) groups excluding carboxylic acids is 1. The van der Waals surface area contributed by atoms with E-state index in [1.807, 2.05) is 0 Å². The SMILES string of the molecule is C=CCOC(=O)/C(C#N)=C/c1ccc(-c2cccc([N+](=O)[O-])c2)s1. The summed E-state index contributed by atoms with van der Waals surface area (Å²) in [7, 11) is 0. The molecule has 0 atom stereocenters. The number of nitro benzene ring substituents is 1. The predicted molar refractivity (Wildman–Crippen MR) is 91.2 cm³/mol. The molecule has 2 rings (SSSR count). The molecule has 7 heteroatoms. The van der Waals surface area contributed by atoms with Crippen molar-refractivity contribution in [2.45, 2.75) is 0 Å². The van der Waals surface area contributed by atoms with Crippen molar-refractivity contribution in [2.24, 2.45) is 0 Å². The van der Waals surface area contributed by atoms with Gasteiger partial charge in [-0.05, 0) is 23.8 Å². The van der Waals surface area contributed by atoms with Crippen LogP contribution in [-0.2, 0) is 9.53 Å². The van der Waals surface area contributed by atoms with E-state index in [4.69, 9.17) is 10.00 Å². The molecule has 0 N–H and O–H groups in total. The molecule has 2 aromatic rings. The lowest BCUT2D eigenvalue weighted by molar-refractivity contribution is -0.384. The van der Waals surface area contributed by atoms with E-state index >= 15 is 0 Å². The highest BCUT2D eigenvalue weighted by atomic mass is 32.1. The van der Waals surface area contributed by atoms with Gasteiger partial charge in [0, 0.05) is 21.9 Å². The number of nitrogens with zero attached hydrogens (tertiary/aromatic N) is 2. The van der Waals surface area contributed by atoms with Gasteiger partial charge in [0.15, 0.2) is 0 Å². The summed E-state index contributed by atoms with van der Waals surface area (Å²) in [5.74, 6) is -0.720. The molecule has 0 fully saturated rings. The Labute approximate surface area is 142 Å². The van der Waals surface area contributed by atoms with Gasteiger partial charge in [-0.15, -0.1) is 11.3 Å². The number of thiophene rings is 1. The van der Waals surface area contributed by atoms with Crippen LogP contribution in [0.3, 0.4) is 0 Å². The van der Waals surface area contributed by atoms with Gasteiger partial charge in [-0.25, -0.2) is 4.79 Å². The van der Waals surface area contributed by atoms with Crippen molar-refractivity contribution < 1.29 is 14.5 Å². The van der Waals surface area contributed by atoms with Crippen molar-refractivity contribution in [3.05, 3.63) is 69.6 Å². The Morgan fingerprint density at radius 2 is 2.21 bits per heavy atom. The first kappa shape index (κ1) is 17.1. The maximum absolute atomic E-state index is 11.7. The van der Waals surface area contributed by atoms with Crippen molar-refractivity contribution in [1.29, 1.82) is 5.26 Å². The Hall–Kier alpha value is -3.24. The highest BCUT2D eigenvalue weighted by Gasteiger charge is 2.12. The Bertz CT molecular complexity index is 861. The second-order valence-corrected chi connectivity index (χ2v) is 5.68. The van der Waals surface area contributed by atoms with E-state index in [0.717, 1.165) is 4.88 Å². The van der Waals surface area contributed by atoms with Crippen LogP contribution in [0.4, 0.5) is 5.69 Å². The number of nitriles is 1. The molecule has 120 valence electrons. The van der Waals surface area contributed by atoms with Crippen LogP contribution in [0.2, 0.25) is 0 Å². The molecule has 0 unspecified atom stereocenters. The second kappa shape index (κ2) is 7.85. The molecule has 0 amide bonds. The van der Waals surface area contributed by atoms with Gasteiger partial charge in [-0.3, -0.25) is 10.1 Å². The number of rotatable bonds is 6. The van der Waals surface area contributed by atoms with Crippen LogP contribution < -0.4 is 0 Å². The average molecular weight is 340 g/mol. The van der Waals surface area contributed by atoms with Crippen molar-refractivity contribution in [1.82, 2.24) is 0 Å². The molecule has 0 saturated carbocycles. The summed E-state index contributed by atoms with van der Waals surface area (Å²) >= 11 is 1.31. The summed E-state index contributed by atoms with van der Waals surface area (Å²) < 4.78 is 4.83. The van der Waals surface area contributed by atoms with Gasteiger partial charge in [0.05, 0.1) is 4.92 Å². The van der Waals surface area contributed by atoms with Crippen LogP contribution >= 0.6 is 11.3 Å². The first-order valence-corrected chi connectivity index (χ1v) is 7.61. The fraction of sp³-hybridized carbons (Fsp3) is 0.0588. The molecule has 1 aromatic heterocycles. The van der Waals surface area contributed by atoms with Crippen LogP contribution in [0.5, 0.6) is 0 Å². The molecule has 0 aliphatic carbocycles. The number of carbonyl (C=O) groups is 1. The number of benzene rings is 1. The minimum Gasteiger partial charge on any atom is -0.457 e. The summed E-state index contributed by atoms with van der Waals surface area (Å²) in [4.78, 5) is 23.5. The molecule has 0 aliphatic heterocycles. The number of ether oxygens (including phenoxy) is 1. The summed E-state index contributed by atoms with van der Waals surface area (Å²) in [5.41, 5.74) is 0.578. The lowest BCUT2D eigenvalue weighted by atomic mass is 10.1. The Kier molecular flexibility index (Phi) is 5.60. The standard InChI is InChI=1S/C17H12N2O4S/c1-2-8-23-17(20)13(11-18)10-15-6-7-16(24-15)12-4-3-5-14(9-12)19(21)22/h2-7,9-10H,1,8H2/b13-10+. The largest absolute Gasteiger partial charge is 0.457 e. The van der Waals surface area contributed by atoms with Gasteiger partial charge < -0.3 is 4.74 Å². The van der Waals surface area contributed by atoms with E-state index < -0.39 is 10.9 Å². The van der Waals surface area contributed by atoms with Gasteiger partial charge in [0.25, 0.3) is 5.69 Å². The van der Waals surface area contributed by atoms with Crippen molar-refractivity contribution in [3.8, 4) is 16.5 Å². The molecule has 6 nitrogen and oxygen atoms in total. The van der Waals surface area contributed by atoms with Crippen molar-refractivity contribution in [3.63, 3.8) is 0 Å². The quantitative estimate of drug-likeness (QED) is 0.198. The van der Waals surface area contributed by atoms with Gasteiger partial charge >= 0.3 is 5.97 Å². The minimum absolute atomic E-state index is 0.00343. The number of hydrogen-bond acceptors (Lipinski definition) is 6. The van der Waals surface area contributed by atoms with E-state index in [9.17, 15) is 14.9 Å². The van der Waals surface area contributed by atoms with Crippen molar-refractivity contribution in [2.75, 3.05) is 6.61 Å². The zero-order valence-electron chi connectivity index (χ0n) is 12.5. The van der Waals surface area contributed by atoms with Crippen LogP contribution in [0.15, 0.2) is 54.6 Å². The van der Waals surface area contributed by atoms with E-state index in [0.29, 0.717) is 10.4 Å². The van der Waals surface area contributed by atoms with Gasteiger partial charge in [0.2, 0.25) is 0 Å². The number of esters is 1. The number of nitro groups is 1.